The Labute approximate surface area is 408 Å². The number of carbonyl (C=O) groups excluding carboxylic acids is 2. The van der Waals surface area contributed by atoms with E-state index in [2.05, 4.69) is 111 Å². The molecule has 16 heteroatoms. The monoisotopic (exact) mass is 1130 g/mol. The number of anilines is 1. The normalized spacial score (nSPS) is 13.9. The second-order valence-corrected chi connectivity index (χ2v) is 18.2. The Kier molecular flexibility index (Phi) is 39.0. The number of hydrogen-bond donors (Lipinski definition) is 3. The molecule has 3 atom stereocenters. The number of benzene rings is 1. The molecule has 1 aromatic carbocycles. The topological polar surface area (TPSA) is 157 Å². The summed E-state index contributed by atoms with van der Waals surface area (Å²) in [6, 6.07) is 8.39. The molecule has 3 rings (SSSR count). The predicted octanol–water partition coefficient (Wildman–Crippen LogP) is 10.7. The van der Waals surface area contributed by atoms with Crippen molar-refractivity contribution in [2.45, 2.75) is 157 Å². The SMILES string of the molecule is CCCCCCN(C(=O)CCCC)C(CC(OCC)c1nc(C(=O)NC(Cc2ccc(NCCOC)cc2)CC(C)(C)C)cs1)C(C)C.CN1CCCCC1.C[N-]OF.O=CO.[U]. The van der Waals surface area contributed by atoms with Gasteiger partial charge in [-0.15, -0.1) is 18.4 Å². The molecule has 1 aliphatic heterocycles. The molecule has 1 aliphatic rings. The Balaban J connectivity index is 0. The fraction of sp³-hybridized carbons (Fsp3) is 0.745. The largest absolute Gasteiger partial charge is 0.498 e. The van der Waals surface area contributed by atoms with Crippen molar-refractivity contribution < 1.29 is 69.6 Å². The van der Waals surface area contributed by atoms with E-state index in [9.17, 15) is 14.1 Å². The molecule has 0 saturated carbocycles. The van der Waals surface area contributed by atoms with Crippen molar-refractivity contribution in [3.05, 3.63) is 51.4 Å². The standard InChI is InChI=1S/C39H66N4O4S.C6H13N.CH3FNO.CH2O2.U/c1-10-13-15-16-23-43(36(44)17-14-11-2)34(29(4)5)26-35(47-12-3)38-42-33(28-48-38)37(45)41-32(27-39(6,7)8)25-30-18-20-31(21-19-30)40-22-24-46-9;1-7-5-3-2-4-6-7;1-3-4-2;2-1-3;/h18-21,28-29,32,34-35,40H,10-17,22-27H2,1-9H3,(H,41,45);2-6H2,1H3;1H3;1H,(H,2,3);/q;;-1;;. The number of carbonyl (C=O) groups is 3. The summed E-state index contributed by atoms with van der Waals surface area (Å²) in [5.74, 6) is 0.344. The zero-order valence-electron chi connectivity index (χ0n) is 40.7. The molecule has 0 radical (unpaired) electrons. The summed E-state index contributed by atoms with van der Waals surface area (Å²) in [4.78, 5) is 44.9. The van der Waals surface area contributed by atoms with Crippen molar-refractivity contribution in [1.29, 1.82) is 0 Å². The number of unbranched alkanes of at least 4 members (excludes halogenated alkanes) is 4. The summed E-state index contributed by atoms with van der Waals surface area (Å²) >= 11 is 1.48. The van der Waals surface area contributed by atoms with Crippen molar-refractivity contribution >= 4 is 35.3 Å². The van der Waals surface area contributed by atoms with Crippen molar-refractivity contribution in [2.75, 3.05) is 65.9 Å². The van der Waals surface area contributed by atoms with Crippen LogP contribution in [0.2, 0.25) is 0 Å². The average molecular weight is 1130 g/mol. The fourth-order valence-electron chi connectivity index (χ4n) is 7.18. The maximum atomic E-state index is 13.6. The molecule has 3 N–H and O–H groups in total. The van der Waals surface area contributed by atoms with E-state index in [1.807, 2.05) is 12.3 Å². The number of hydrogen-bond acceptors (Lipinski definition) is 10. The molecular weight excluding hydrogens is 1050 g/mol. The van der Waals surface area contributed by atoms with Crippen molar-refractivity contribution in [2.24, 2.45) is 11.3 Å². The summed E-state index contributed by atoms with van der Waals surface area (Å²) in [6.45, 7) is 22.4. The molecule has 0 bridgehead atoms. The first-order valence-corrected chi connectivity index (χ1v) is 23.6. The minimum absolute atomic E-state index is 0. The second-order valence-electron chi connectivity index (χ2n) is 17.3. The van der Waals surface area contributed by atoms with Crippen molar-refractivity contribution in [1.82, 2.24) is 20.1 Å². The number of thiazole rings is 1. The summed E-state index contributed by atoms with van der Waals surface area (Å²) in [7, 11) is 5.10. The van der Waals surface area contributed by atoms with Gasteiger partial charge >= 0.3 is 0 Å². The number of likely N-dealkylation sites (tertiary alicyclic amines) is 1. The van der Waals surface area contributed by atoms with Crippen molar-refractivity contribution in [3.8, 4) is 0 Å². The molecule has 0 aliphatic carbocycles. The zero-order chi connectivity index (χ0) is 46.8. The van der Waals surface area contributed by atoms with E-state index in [0.717, 1.165) is 62.3 Å². The van der Waals surface area contributed by atoms with E-state index in [1.54, 1.807) is 7.11 Å². The summed E-state index contributed by atoms with van der Waals surface area (Å²) in [6.07, 6.45) is 13.2. The summed E-state index contributed by atoms with van der Waals surface area (Å²) in [5, 5.41) is 18.9. The van der Waals surface area contributed by atoms with Gasteiger partial charge in [0.1, 0.15) is 16.8 Å². The van der Waals surface area contributed by atoms with E-state index in [-0.39, 0.29) is 78.9 Å². The van der Waals surface area contributed by atoms with Crippen LogP contribution < -0.4 is 10.6 Å². The van der Waals surface area contributed by atoms with Crippen molar-refractivity contribution in [3.63, 3.8) is 0 Å². The van der Waals surface area contributed by atoms with Crippen LogP contribution in [0.3, 0.4) is 0 Å². The number of piperidine rings is 1. The van der Waals surface area contributed by atoms with Crippen LogP contribution in [-0.2, 0) is 30.5 Å². The van der Waals surface area contributed by atoms with Gasteiger partial charge in [-0.25, -0.2) is 4.98 Å². The van der Waals surface area contributed by atoms with Gasteiger partial charge in [0.2, 0.25) is 5.91 Å². The van der Waals surface area contributed by atoms with Gasteiger partial charge in [0.15, 0.2) is 0 Å². The van der Waals surface area contributed by atoms with Crippen LogP contribution >= 0.6 is 11.3 Å². The molecule has 3 unspecified atom stereocenters. The number of ether oxygens (including phenoxy) is 2. The smallest absolute Gasteiger partial charge is 0.290 e. The molecule has 2 heterocycles. The molecule has 2 aromatic rings. The predicted molar refractivity (Wildman–Crippen MR) is 252 cm³/mol. The third-order valence-electron chi connectivity index (χ3n) is 10.3. The number of amides is 2. The molecule has 2 amide bonds. The maximum absolute atomic E-state index is 13.6. The van der Waals surface area contributed by atoms with E-state index >= 15 is 0 Å². The van der Waals surface area contributed by atoms with E-state index < -0.39 is 0 Å². The third-order valence-corrected chi connectivity index (χ3v) is 11.2. The fourth-order valence-corrected chi connectivity index (χ4v) is 8.04. The van der Waals surface area contributed by atoms with Gasteiger partial charge in [0, 0.05) is 93.9 Å². The Morgan fingerprint density at radius 1 is 1.05 bits per heavy atom. The number of nitrogens with zero attached hydrogens (tertiary/aromatic N) is 4. The van der Waals surface area contributed by atoms with Crippen LogP contribution in [0.5, 0.6) is 0 Å². The molecule has 1 aromatic heterocycles. The van der Waals surface area contributed by atoms with Crippen LogP contribution in [0, 0.1) is 42.4 Å². The van der Waals surface area contributed by atoms with Gasteiger partial charge in [-0.05, 0) is 94.6 Å². The molecule has 362 valence electrons. The van der Waals surface area contributed by atoms with Gasteiger partial charge in [-0.3, -0.25) is 19.4 Å². The zero-order valence-corrected chi connectivity index (χ0v) is 45.7. The number of nitrogens with one attached hydrogen (secondary N) is 2. The van der Waals surface area contributed by atoms with Crippen LogP contribution in [0.1, 0.15) is 160 Å². The Bertz CT molecular complexity index is 1410. The van der Waals surface area contributed by atoms with E-state index in [4.69, 9.17) is 24.4 Å². The number of hydroxylamine groups is 1. The summed E-state index contributed by atoms with van der Waals surface area (Å²) in [5.41, 5.74) is 5.25. The molecular formula is C47H84FN6O7SU-. The van der Waals surface area contributed by atoms with E-state index in [0.29, 0.717) is 31.7 Å². The minimum Gasteiger partial charge on any atom is -0.498 e. The number of halogens is 1. The Hall–Kier alpha value is -2.16. The van der Waals surface area contributed by atoms with Gasteiger partial charge < -0.3 is 40.5 Å². The first-order valence-electron chi connectivity index (χ1n) is 22.8. The molecule has 1 saturated heterocycles. The number of methoxy groups -OCH3 is 1. The first kappa shape index (κ1) is 62.9. The molecule has 63 heavy (non-hydrogen) atoms. The second kappa shape index (κ2) is 39.0. The van der Waals surface area contributed by atoms with Crippen LogP contribution in [-0.4, -0.2) is 111 Å². The van der Waals surface area contributed by atoms with Gasteiger partial charge in [0.05, 0.1) is 6.61 Å². The first-order chi connectivity index (χ1) is 29.6. The van der Waals surface area contributed by atoms with Gasteiger partial charge in [0.25, 0.3) is 12.4 Å². The third kappa shape index (κ3) is 30.6. The Morgan fingerprint density at radius 3 is 2.16 bits per heavy atom. The molecule has 13 nitrogen and oxygen atoms in total. The number of aromatic nitrogens is 1. The van der Waals surface area contributed by atoms with Gasteiger partial charge in [-0.1, -0.05) is 97.2 Å². The average Bonchev–Trinajstić information content (AvgIpc) is 3.74. The summed E-state index contributed by atoms with van der Waals surface area (Å²) < 4.78 is 21.5. The molecule has 0 spiro atoms. The number of rotatable bonds is 25. The minimum atomic E-state index is -0.285. The van der Waals surface area contributed by atoms with Crippen LogP contribution in [0.25, 0.3) is 5.48 Å². The van der Waals surface area contributed by atoms with Crippen LogP contribution in [0.4, 0.5) is 10.2 Å². The number of carboxylic acid groups (broad SMARTS) is 1. The van der Waals surface area contributed by atoms with Crippen LogP contribution in [0.15, 0.2) is 29.6 Å². The molecule has 1 fully saturated rings. The van der Waals surface area contributed by atoms with E-state index in [1.165, 1.54) is 69.1 Å². The quantitative estimate of drug-likeness (QED) is 0.0497. The maximum Gasteiger partial charge on any atom is 0.290 e. The Morgan fingerprint density at radius 2 is 1.67 bits per heavy atom. The van der Waals surface area contributed by atoms with Gasteiger partial charge in [-0.2, -0.15) is 0 Å².